The molecule has 1 fully saturated rings. The molecule has 6 nitrogen and oxygen atoms in total. The van der Waals surface area contributed by atoms with E-state index in [1.165, 1.54) is 17.5 Å². The van der Waals surface area contributed by atoms with E-state index < -0.39 is 0 Å². The second-order valence-electron chi connectivity index (χ2n) is 3.87. The molecule has 0 saturated carbocycles. The van der Waals surface area contributed by atoms with Crippen molar-refractivity contribution in [2.45, 2.75) is 38.2 Å². The standard InChI is InChI=1S/C9H17N5O/c10-9-13-12-8(14(9)11)5-4-7-3-1-2-6-15-7/h7H,1-6,11H2,(H2,10,13). The third-order valence-corrected chi connectivity index (χ3v) is 2.76. The van der Waals surface area contributed by atoms with Crippen molar-refractivity contribution < 1.29 is 4.74 Å². The summed E-state index contributed by atoms with van der Waals surface area (Å²) in [6.45, 7) is 0.877. The van der Waals surface area contributed by atoms with Gasteiger partial charge in [-0.3, -0.25) is 0 Å². The molecule has 15 heavy (non-hydrogen) atoms. The fraction of sp³-hybridized carbons (Fsp3) is 0.778. The summed E-state index contributed by atoms with van der Waals surface area (Å²) in [4.78, 5) is 0. The van der Waals surface area contributed by atoms with Crippen LogP contribution in [0.3, 0.4) is 0 Å². The molecule has 1 aromatic rings. The molecule has 4 N–H and O–H groups in total. The summed E-state index contributed by atoms with van der Waals surface area (Å²) in [7, 11) is 0. The Morgan fingerprint density at radius 3 is 2.87 bits per heavy atom. The Morgan fingerprint density at radius 2 is 2.27 bits per heavy atom. The molecular formula is C9H17N5O. The third-order valence-electron chi connectivity index (χ3n) is 2.76. The van der Waals surface area contributed by atoms with Crippen molar-refractivity contribution in [3.63, 3.8) is 0 Å². The Balaban J connectivity index is 1.84. The first-order chi connectivity index (χ1) is 7.27. The van der Waals surface area contributed by atoms with Crippen molar-refractivity contribution in [3.8, 4) is 0 Å². The normalized spacial score (nSPS) is 21.7. The second-order valence-corrected chi connectivity index (χ2v) is 3.87. The van der Waals surface area contributed by atoms with Crippen molar-refractivity contribution >= 4 is 5.95 Å². The minimum Gasteiger partial charge on any atom is -0.378 e. The van der Waals surface area contributed by atoms with Crippen molar-refractivity contribution in [2.24, 2.45) is 0 Å². The zero-order valence-corrected chi connectivity index (χ0v) is 8.72. The minimum atomic E-state index is 0.259. The number of nitrogens with zero attached hydrogens (tertiary/aromatic N) is 3. The average Bonchev–Trinajstić information content (AvgIpc) is 2.59. The molecule has 0 amide bonds. The van der Waals surface area contributed by atoms with Crippen LogP contribution in [0, 0.1) is 0 Å². The summed E-state index contributed by atoms with van der Waals surface area (Å²) in [5.41, 5.74) is 5.48. The number of hydrogen-bond donors (Lipinski definition) is 2. The van der Waals surface area contributed by atoms with Crippen LogP contribution in [0.15, 0.2) is 0 Å². The number of nitrogens with two attached hydrogens (primary N) is 2. The highest BCUT2D eigenvalue weighted by Gasteiger charge is 2.15. The van der Waals surface area contributed by atoms with Gasteiger partial charge in [-0.15, -0.1) is 10.2 Å². The lowest BCUT2D eigenvalue weighted by Gasteiger charge is -2.22. The van der Waals surface area contributed by atoms with Crippen LogP contribution in [0.2, 0.25) is 0 Å². The summed E-state index contributed by atoms with van der Waals surface area (Å²) in [6.07, 6.45) is 5.62. The highest BCUT2D eigenvalue weighted by atomic mass is 16.5. The summed E-state index contributed by atoms with van der Waals surface area (Å²) in [5, 5.41) is 7.61. The Kier molecular flexibility index (Phi) is 3.05. The molecule has 1 aliphatic rings. The van der Waals surface area contributed by atoms with E-state index in [2.05, 4.69) is 10.2 Å². The molecule has 1 unspecified atom stereocenters. The molecule has 84 valence electrons. The maximum absolute atomic E-state index is 5.64. The molecule has 1 aromatic heterocycles. The van der Waals surface area contributed by atoms with Gasteiger partial charge in [0.25, 0.3) is 0 Å². The van der Waals surface area contributed by atoms with E-state index in [4.69, 9.17) is 16.3 Å². The number of ether oxygens (including phenoxy) is 1. The highest BCUT2D eigenvalue weighted by molar-refractivity contribution is 5.17. The maximum atomic E-state index is 5.64. The number of aryl methyl sites for hydroxylation is 1. The topological polar surface area (TPSA) is 92.0 Å². The quantitative estimate of drug-likeness (QED) is 0.690. The fourth-order valence-corrected chi connectivity index (χ4v) is 1.83. The van der Waals surface area contributed by atoms with Crippen LogP contribution in [-0.2, 0) is 11.2 Å². The fourth-order valence-electron chi connectivity index (χ4n) is 1.83. The smallest absolute Gasteiger partial charge is 0.240 e. The first-order valence-electron chi connectivity index (χ1n) is 5.34. The molecule has 2 heterocycles. The molecule has 2 rings (SSSR count). The van der Waals surface area contributed by atoms with E-state index in [9.17, 15) is 0 Å². The van der Waals surface area contributed by atoms with Gasteiger partial charge in [-0.1, -0.05) is 0 Å². The lowest BCUT2D eigenvalue weighted by atomic mass is 10.0. The molecule has 1 saturated heterocycles. The summed E-state index contributed by atoms with van der Waals surface area (Å²) < 4.78 is 6.95. The predicted octanol–water partition coefficient (Wildman–Crippen LogP) is 0.0758. The van der Waals surface area contributed by atoms with Crippen molar-refractivity contribution in [1.29, 1.82) is 0 Å². The molecule has 0 radical (unpaired) electrons. The van der Waals surface area contributed by atoms with Gasteiger partial charge in [0.1, 0.15) is 0 Å². The lowest BCUT2D eigenvalue weighted by molar-refractivity contribution is 0.0111. The highest BCUT2D eigenvalue weighted by Crippen LogP contribution is 2.17. The van der Waals surface area contributed by atoms with E-state index in [0.29, 0.717) is 6.10 Å². The Bertz CT molecular complexity index is 318. The molecule has 6 heteroatoms. The lowest BCUT2D eigenvalue weighted by Crippen LogP contribution is -2.21. The number of rotatable bonds is 3. The van der Waals surface area contributed by atoms with Gasteiger partial charge in [0.15, 0.2) is 5.82 Å². The van der Waals surface area contributed by atoms with E-state index >= 15 is 0 Å². The zero-order chi connectivity index (χ0) is 10.7. The van der Waals surface area contributed by atoms with Crippen LogP contribution in [0.1, 0.15) is 31.5 Å². The Morgan fingerprint density at radius 1 is 1.40 bits per heavy atom. The number of hydrogen-bond acceptors (Lipinski definition) is 5. The van der Waals surface area contributed by atoms with Crippen LogP contribution in [0.5, 0.6) is 0 Å². The number of nitrogen functional groups attached to an aromatic ring is 2. The molecule has 0 aliphatic carbocycles. The molecule has 1 aliphatic heterocycles. The van der Waals surface area contributed by atoms with Crippen LogP contribution in [0.4, 0.5) is 5.95 Å². The first kappa shape index (κ1) is 10.2. The van der Waals surface area contributed by atoms with Gasteiger partial charge in [0.2, 0.25) is 5.95 Å². The molecule has 0 aromatic carbocycles. The largest absolute Gasteiger partial charge is 0.378 e. The van der Waals surface area contributed by atoms with E-state index in [0.717, 1.165) is 31.7 Å². The van der Waals surface area contributed by atoms with Gasteiger partial charge in [0, 0.05) is 13.0 Å². The van der Waals surface area contributed by atoms with Crippen LogP contribution < -0.4 is 11.6 Å². The average molecular weight is 211 g/mol. The van der Waals surface area contributed by atoms with Crippen molar-refractivity contribution in [2.75, 3.05) is 18.2 Å². The molecule has 0 spiro atoms. The van der Waals surface area contributed by atoms with Crippen molar-refractivity contribution in [1.82, 2.24) is 14.9 Å². The van der Waals surface area contributed by atoms with Crippen LogP contribution in [0.25, 0.3) is 0 Å². The van der Waals surface area contributed by atoms with Gasteiger partial charge in [-0.05, 0) is 25.7 Å². The van der Waals surface area contributed by atoms with Gasteiger partial charge in [0.05, 0.1) is 6.10 Å². The van der Waals surface area contributed by atoms with Crippen LogP contribution in [-0.4, -0.2) is 27.6 Å². The number of anilines is 1. The summed E-state index contributed by atoms with van der Waals surface area (Å²) in [5.74, 6) is 6.63. The SMILES string of the molecule is Nc1nnc(CCC2CCCCO2)n1N. The number of aromatic nitrogens is 3. The van der Waals surface area contributed by atoms with E-state index in [-0.39, 0.29) is 5.95 Å². The van der Waals surface area contributed by atoms with Gasteiger partial charge < -0.3 is 16.3 Å². The maximum Gasteiger partial charge on any atom is 0.240 e. The third kappa shape index (κ3) is 2.38. The van der Waals surface area contributed by atoms with E-state index in [1.54, 1.807) is 0 Å². The molecule has 1 atom stereocenters. The first-order valence-corrected chi connectivity index (χ1v) is 5.34. The predicted molar refractivity (Wildman–Crippen MR) is 56.5 cm³/mol. The molecule has 0 bridgehead atoms. The molecular weight excluding hydrogens is 194 g/mol. The van der Waals surface area contributed by atoms with Crippen molar-refractivity contribution in [3.05, 3.63) is 5.82 Å². The summed E-state index contributed by atoms with van der Waals surface area (Å²) in [6, 6.07) is 0. The Hall–Kier alpha value is -1.30. The minimum absolute atomic E-state index is 0.259. The second kappa shape index (κ2) is 4.48. The van der Waals surface area contributed by atoms with E-state index in [1.807, 2.05) is 0 Å². The van der Waals surface area contributed by atoms with Gasteiger partial charge >= 0.3 is 0 Å². The van der Waals surface area contributed by atoms with Gasteiger partial charge in [-0.2, -0.15) is 0 Å². The summed E-state index contributed by atoms with van der Waals surface area (Å²) >= 11 is 0. The monoisotopic (exact) mass is 211 g/mol. The Labute approximate surface area is 88.6 Å². The van der Waals surface area contributed by atoms with Gasteiger partial charge in [-0.25, -0.2) is 4.68 Å². The zero-order valence-electron chi connectivity index (χ0n) is 8.72. The van der Waals surface area contributed by atoms with Crippen LogP contribution >= 0.6 is 0 Å².